The molecular formula is C11H12F3NO. The molecule has 5 heteroatoms. The average molecular weight is 231 g/mol. The van der Waals surface area contributed by atoms with E-state index in [4.69, 9.17) is 0 Å². The number of amides is 1. The van der Waals surface area contributed by atoms with E-state index in [-0.39, 0.29) is 0 Å². The Balaban J connectivity index is 2.82. The number of carbonyl (C=O) groups excluding carboxylic acids is 1. The highest BCUT2D eigenvalue weighted by Crippen LogP contribution is 2.20. The first-order valence-electron chi connectivity index (χ1n) is 4.79. The van der Waals surface area contributed by atoms with Gasteiger partial charge in [-0.3, -0.25) is 4.79 Å². The van der Waals surface area contributed by atoms with Crippen molar-refractivity contribution in [3.05, 3.63) is 35.6 Å². The van der Waals surface area contributed by atoms with Crippen LogP contribution in [0.15, 0.2) is 24.3 Å². The predicted molar refractivity (Wildman–Crippen MR) is 53.6 cm³/mol. The molecule has 1 amide bonds. The number of halogens is 3. The third-order valence-corrected chi connectivity index (χ3v) is 2.06. The van der Waals surface area contributed by atoms with Crippen LogP contribution in [-0.2, 0) is 4.79 Å². The molecule has 1 N–H and O–H groups in total. The summed E-state index contributed by atoms with van der Waals surface area (Å²) >= 11 is 0. The summed E-state index contributed by atoms with van der Waals surface area (Å²) in [6.45, 7) is 1.25. The smallest absolute Gasteiger partial charge is 0.240 e. The topological polar surface area (TPSA) is 29.1 Å². The third-order valence-electron chi connectivity index (χ3n) is 2.06. The maximum absolute atomic E-state index is 12.6. The lowest BCUT2D eigenvalue weighted by atomic mass is 10.0. The molecule has 1 atom stereocenters. The first-order chi connectivity index (χ1) is 7.49. The minimum absolute atomic E-state index is 0.394. The van der Waals surface area contributed by atoms with Gasteiger partial charge in [0.15, 0.2) is 0 Å². The van der Waals surface area contributed by atoms with Crippen molar-refractivity contribution >= 4 is 5.91 Å². The Bertz CT molecular complexity index is 351. The van der Waals surface area contributed by atoms with Gasteiger partial charge in [0, 0.05) is 13.3 Å². The predicted octanol–water partition coefficient (Wildman–Crippen LogP) is 2.66. The highest BCUT2D eigenvalue weighted by molar-refractivity contribution is 5.73. The van der Waals surface area contributed by atoms with Crippen molar-refractivity contribution < 1.29 is 18.0 Å². The normalized spacial score (nSPS) is 12.6. The fourth-order valence-corrected chi connectivity index (χ4v) is 1.40. The van der Waals surface area contributed by atoms with Gasteiger partial charge < -0.3 is 5.32 Å². The van der Waals surface area contributed by atoms with Crippen LogP contribution in [0.1, 0.15) is 24.9 Å². The molecule has 16 heavy (non-hydrogen) atoms. The maximum atomic E-state index is 12.6. The minimum atomic E-state index is -2.53. The van der Waals surface area contributed by atoms with E-state index in [1.807, 2.05) is 0 Å². The summed E-state index contributed by atoms with van der Waals surface area (Å²) in [5, 5.41) is 2.41. The van der Waals surface area contributed by atoms with E-state index in [0.717, 1.165) is 0 Å². The molecule has 1 aromatic rings. The Labute approximate surface area is 91.5 Å². The van der Waals surface area contributed by atoms with Gasteiger partial charge in [0.05, 0.1) is 6.04 Å². The molecule has 0 aliphatic carbocycles. The monoisotopic (exact) mass is 231 g/mol. The van der Waals surface area contributed by atoms with Crippen LogP contribution >= 0.6 is 0 Å². The fraction of sp³-hybridized carbons (Fsp3) is 0.364. The molecule has 0 radical (unpaired) electrons. The van der Waals surface area contributed by atoms with Crippen LogP contribution in [-0.4, -0.2) is 12.3 Å². The third kappa shape index (κ3) is 3.92. The van der Waals surface area contributed by atoms with Gasteiger partial charge in [-0.2, -0.15) is 0 Å². The fourth-order valence-electron chi connectivity index (χ4n) is 1.40. The van der Waals surface area contributed by atoms with E-state index in [2.05, 4.69) is 5.32 Å². The Hall–Kier alpha value is -1.52. The van der Waals surface area contributed by atoms with E-state index in [1.165, 1.54) is 31.2 Å². The Kier molecular flexibility index (Phi) is 4.34. The zero-order valence-electron chi connectivity index (χ0n) is 8.71. The summed E-state index contributed by atoms with van der Waals surface area (Å²) in [5.74, 6) is -0.836. The van der Waals surface area contributed by atoms with Gasteiger partial charge in [0.25, 0.3) is 0 Å². The molecule has 0 heterocycles. The summed E-state index contributed by atoms with van der Waals surface area (Å²) in [5.41, 5.74) is 0.469. The van der Waals surface area contributed by atoms with Crippen LogP contribution in [0.3, 0.4) is 0 Å². The number of hydrogen-bond donors (Lipinski definition) is 1. The van der Waals surface area contributed by atoms with E-state index in [0.29, 0.717) is 5.56 Å². The van der Waals surface area contributed by atoms with Crippen LogP contribution in [0.2, 0.25) is 0 Å². The first kappa shape index (κ1) is 12.5. The molecule has 0 aromatic heterocycles. The maximum Gasteiger partial charge on any atom is 0.240 e. The van der Waals surface area contributed by atoms with Crippen LogP contribution in [0.4, 0.5) is 13.2 Å². The molecule has 0 saturated carbocycles. The molecule has 0 aliphatic heterocycles. The molecule has 0 spiro atoms. The molecule has 0 fully saturated rings. The van der Waals surface area contributed by atoms with E-state index in [9.17, 15) is 18.0 Å². The zero-order chi connectivity index (χ0) is 12.1. The molecule has 0 aliphatic rings. The van der Waals surface area contributed by atoms with Crippen molar-refractivity contribution in [1.82, 2.24) is 5.32 Å². The molecule has 0 saturated heterocycles. The Morgan fingerprint density at radius 1 is 1.31 bits per heavy atom. The lowest BCUT2D eigenvalue weighted by Gasteiger charge is -2.17. The first-order valence-corrected chi connectivity index (χ1v) is 4.79. The lowest BCUT2D eigenvalue weighted by Crippen LogP contribution is -2.27. The number of alkyl halides is 2. The van der Waals surface area contributed by atoms with E-state index >= 15 is 0 Å². The van der Waals surface area contributed by atoms with Crippen molar-refractivity contribution in [1.29, 1.82) is 0 Å². The van der Waals surface area contributed by atoms with Gasteiger partial charge in [0.1, 0.15) is 5.82 Å². The highest BCUT2D eigenvalue weighted by atomic mass is 19.3. The highest BCUT2D eigenvalue weighted by Gasteiger charge is 2.17. The molecule has 1 rings (SSSR count). The summed E-state index contributed by atoms with van der Waals surface area (Å²) in [7, 11) is 0. The summed E-state index contributed by atoms with van der Waals surface area (Å²) < 4.78 is 37.2. The SMILES string of the molecule is CC(=O)N[C@H](CC(F)F)c1ccc(F)cc1. The molecule has 1 aromatic carbocycles. The quantitative estimate of drug-likeness (QED) is 0.848. The number of benzene rings is 1. The molecule has 0 bridgehead atoms. The molecule has 88 valence electrons. The van der Waals surface area contributed by atoms with Crippen molar-refractivity contribution in [3.8, 4) is 0 Å². The standard InChI is InChI=1S/C11H12F3NO/c1-7(16)15-10(6-11(13)14)8-2-4-9(12)5-3-8/h2-5,10-11H,6H2,1H3,(H,15,16)/t10-/m1/s1. The van der Waals surface area contributed by atoms with Gasteiger partial charge >= 0.3 is 0 Å². The van der Waals surface area contributed by atoms with Crippen molar-refractivity contribution in [2.24, 2.45) is 0 Å². The van der Waals surface area contributed by atoms with Gasteiger partial charge in [-0.05, 0) is 17.7 Å². The molecule has 2 nitrogen and oxygen atoms in total. The lowest BCUT2D eigenvalue weighted by molar-refractivity contribution is -0.119. The second-order valence-electron chi connectivity index (χ2n) is 3.43. The molecular weight excluding hydrogens is 219 g/mol. The average Bonchev–Trinajstić information content (AvgIpc) is 2.16. The second kappa shape index (κ2) is 5.53. The van der Waals surface area contributed by atoms with Crippen molar-refractivity contribution in [3.63, 3.8) is 0 Å². The second-order valence-corrected chi connectivity index (χ2v) is 3.43. The summed E-state index contributed by atoms with van der Waals surface area (Å²) in [6.07, 6.45) is -3.01. The van der Waals surface area contributed by atoms with Crippen molar-refractivity contribution in [2.45, 2.75) is 25.8 Å². The largest absolute Gasteiger partial charge is 0.349 e. The van der Waals surface area contributed by atoms with Crippen LogP contribution in [0, 0.1) is 5.82 Å². The minimum Gasteiger partial charge on any atom is -0.349 e. The number of rotatable bonds is 4. The van der Waals surface area contributed by atoms with Gasteiger partial charge in [-0.1, -0.05) is 12.1 Å². The van der Waals surface area contributed by atoms with E-state index < -0.39 is 30.6 Å². The molecule has 0 unspecified atom stereocenters. The Morgan fingerprint density at radius 3 is 2.31 bits per heavy atom. The summed E-state index contributed by atoms with van der Waals surface area (Å²) in [6, 6.07) is 4.35. The van der Waals surface area contributed by atoms with Crippen molar-refractivity contribution in [2.75, 3.05) is 0 Å². The number of carbonyl (C=O) groups is 1. The number of nitrogens with one attached hydrogen (secondary N) is 1. The van der Waals surface area contributed by atoms with Gasteiger partial charge in [-0.15, -0.1) is 0 Å². The van der Waals surface area contributed by atoms with E-state index in [1.54, 1.807) is 0 Å². The zero-order valence-corrected chi connectivity index (χ0v) is 8.71. The van der Waals surface area contributed by atoms with Gasteiger partial charge in [-0.25, -0.2) is 13.2 Å². The van der Waals surface area contributed by atoms with Crippen LogP contribution in [0.25, 0.3) is 0 Å². The Morgan fingerprint density at radius 2 is 1.88 bits per heavy atom. The summed E-state index contributed by atoms with van der Waals surface area (Å²) in [4.78, 5) is 10.8. The van der Waals surface area contributed by atoms with Crippen LogP contribution in [0.5, 0.6) is 0 Å². The number of hydrogen-bond acceptors (Lipinski definition) is 1. The van der Waals surface area contributed by atoms with Crippen LogP contribution < -0.4 is 5.32 Å². The van der Waals surface area contributed by atoms with Gasteiger partial charge in [0.2, 0.25) is 12.3 Å².